The molecule has 4 rings (SSSR count). The first kappa shape index (κ1) is 14.3. The van der Waals surface area contributed by atoms with Crippen LogP contribution in [-0.4, -0.2) is 24.7 Å². The smallest absolute Gasteiger partial charge is 0.168 e. The summed E-state index contributed by atoms with van der Waals surface area (Å²) >= 11 is 0. The molecule has 1 N–H and O–H groups in total. The summed E-state index contributed by atoms with van der Waals surface area (Å²) in [5.41, 5.74) is 1.98. The highest BCUT2D eigenvalue weighted by molar-refractivity contribution is 5.87. The van der Waals surface area contributed by atoms with Crippen LogP contribution in [0, 0.1) is 5.82 Å². The Kier molecular flexibility index (Phi) is 3.59. The molecule has 0 unspecified atom stereocenters. The third-order valence-electron chi connectivity index (χ3n) is 3.66. The van der Waals surface area contributed by atoms with Crippen LogP contribution in [0.15, 0.2) is 61.3 Å². The van der Waals surface area contributed by atoms with Crippen molar-refractivity contribution in [2.45, 2.75) is 6.54 Å². The minimum absolute atomic E-state index is 0.353. The Morgan fingerprint density at radius 2 is 1.88 bits per heavy atom. The van der Waals surface area contributed by atoms with Crippen molar-refractivity contribution >= 4 is 16.9 Å². The van der Waals surface area contributed by atoms with Gasteiger partial charge in [-0.05, 0) is 29.8 Å². The van der Waals surface area contributed by atoms with Crippen molar-refractivity contribution in [2.24, 2.45) is 0 Å². The molecular formula is C17H13FN6. The number of hydrogen-bond donors (Lipinski definition) is 1. The molecule has 0 radical (unpaired) electrons. The largest absolute Gasteiger partial charge is 0.365 e. The summed E-state index contributed by atoms with van der Waals surface area (Å²) in [6, 6.07) is 10.3. The highest BCUT2D eigenvalue weighted by atomic mass is 19.1. The molecule has 0 aliphatic rings. The van der Waals surface area contributed by atoms with Crippen molar-refractivity contribution in [3.63, 3.8) is 0 Å². The lowest BCUT2D eigenvalue weighted by Gasteiger charge is -2.07. The van der Waals surface area contributed by atoms with E-state index in [9.17, 15) is 4.39 Å². The minimum atomic E-state index is -0.354. The van der Waals surface area contributed by atoms with Crippen molar-refractivity contribution in [1.29, 1.82) is 0 Å². The highest BCUT2D eigenvalue weighted by Gasteiger charge is 2.13. The molecule has 1 aromatic carbocycles. The molecule has 3 heterocycles. The zero-order valence-electron chi connectivity index (χ0n) is 12.6. The van der Waals surface area contributed by atoms with Gasteiger partial charge in [0.25, 0.3) is 0 Å². The molecule has 0 atom stereocenters. The van der Waals surface area contributed by atoms with Crippen molar-refractivity contribution in [2.75, 3.05) is 5.32 Å². The molecule has 0 spiro atoms. The molecule has 0 amide bonds. The van der Waals surface area contributed by atoms with Crippen LogP contribution in [0.25, 0.3) is 16.7 Å². The van der Waals surface area contributed by atoms with E-state index in [1.165, 1.54) is 17.1 Å². The Balaban J connectivity index is 1.70. The van der Waals surface area contributed by atoms with Gasteiger partial charge in [-0.1, -0.05) is 12.1 Å². The van der Waals surface area contributed by atoms with Gasteiger partial charge in [0.1, 0.15) is 23.6 Å². The Labute approximate surface area is 137 Å². The first-order valence-electron chi connectivity index (χ1n) is 7.39. The molecule has 3 aromatic heterocycles. The lowest BCUT2D eigenvalue weighted by Crippen LogP contribution is -2.04. The van der Waals surface area contributed by atoms with Gasteiger partial charge in [0, 0.05) is 18.9 Å². The Morgan fingerprint density at radius 3 is 2.71 bits per heavy atom. The summed E-state index contributed by atoms with van der Waals surface area (Å²) in [6.45, 7) is 0.597. The van der Waals surface area contributed by atoms with Gasteiger partial charge in [-0.3, -0.25) is 4.98 Å². The van der Waals surface area contributed by atoms with E-state index in [4.69, 9.17) is 0 Å². The molecule has 118 valence electrons. The molecule has 0 aliphatic heterocycles. The van der Waals surface area contributed by atoms with Crippen LogP contribution in [0.5, 0.6) is 0 Å². The van der Waals surface area contributed by atoms with Gasteiger partial charge in [-0.25, -0.2) is 19.0 Å². The van der Waals surface area contributed by atoms with E-state index in [-0.39, 0.29) is 5.82 Å². The number of pyridine rings is 1. The van der Waals surface area contributed by atoms with Gasteiger partial charge in [-0.15, -0.1) is 0 Å². The normalized spacial score (nSPS) is 10.9. The number of halogens is 1. The molecular weight excluding hydrogens is 307 g/mol. The van der Waals surface area contributed by atoms with Gasteiger partial charge in [0.15, 0.2) is 5.65 Å². The molecule has 24 heavy (non-hydrogen) atoms. The molecule has 0 bridgehead atoms. The summed E-state index contributed by atoms with van der Waals surface area (Å²) in [6.07, 6.45) is 6.55. The average Bonchev–Trinajstić information content (AvgIpc) is 3.06. The number of rotatable bonds is 4. The molecule has 4 aromatic rings. The molecule has 7 heteroatoms. The fourth-order valence-corrected chi connectivity index (χ4v) is 2.47. The van der Waals surface area contributed by atoms with Gasteiger partial charge in [0.05, 0.1) is 11.6 Å². The van der Waals surface area contributed by atoms with E-state index in [2.05, 4.69) is 25.4 Å². The fraction of sp³-hybridized carbons (Fsp3) is 0.0588. The number of nitrogens with one attached hydrogen (secondary N) is 1. The van der Waals surface area contributed by atoms with Gasteiger partial charge < -0.3 is 5.32 Å². The maximum absolute atomic E-state index is 14.0. The summed E-state index contributed by atoms with van der Waals surface area (Å²) in [5, 5.41) is 8.25. The maximum Gasteiger partial charge on any atom is 0.168 e. The van der Waals surface area contributed by atoms with Crippen molar-refractivity contribution in [3.8, 4) is 5.69 Å². The van der Waals surface area contributed by atoms with Crippen molar-refractivity contribution < 1.29 is 4.39 Å². The fourth-order valence-electron chi connectivity index (χ4n) is 2.47. The molecule has 0 saturated heterocycles. The van der Waals surface area contributed by atoms with E-state index in [1.54, 1.807) is 36.8 Å². The number of hydrogen-bond acceptors (Lipinski definition) is 5. The van der Waals surface area contributed by atoms with E-state index < -0.39 is 0 Å². The van der Waals surface area contributed by atoms with Crippen LogP contribution in [0.1, 0.15) is 5.56 Å². The second-order valence-corrected chi connectivity index (χ2v) is 5.18. The monoisotopic (exact) mass is 320 g/mol. The van der Waals surface area contributed by atoms with E-state index in [0.29, 0.717) is 23.7 Å². The lowest BCUT2D eigenvalue weighted by atomic mass is 10.2. The topological polar surface area (TPSA) is 68.5 Å². The molecule has 0 aliphatic carbocycles. The Morgan fingerprint density at radius 1 is 1.04 bits per heavy atom. The number of nitrogens with zero attached hydrogens (tertiary/aromatic N) is 5. The first-order chi connectivity index (χ1) is 11.8. The minimum Gasteiger partial charge on any atom is -0.365 e. The Hall–Kier alpha value is -3.35. The third-order valence-corrected chi connectivity index (χ3v) is 3.66. The number of aromatic nitrogens is 5. The highest BCUT2D eigenvalue weighted by Crippen LogP contribution is 2.23. The van der Waals surface area contributed by atoms with Crippen molar-refractivity contribution in [3.05, 3.63) is 72.7 Å². The Bertz CT molecular complexity index is 983. The molecule has 0 fully saturated rings. The van der Waals surface area contributed by atoms with Crippen LogP contribution >= 0.6 is 0 Å². The van der Waals surface area contributed by atoms with E-state index in [1.807, 2.05) is 12.1 Å². The first-order valence-corrected chi connectivity index (χ1v) is 7.39. The van der Waals surface area contributed by atoms with E-state index >= 15 is 0 Å². The standard InChI is InChI=1S/C17H13FN6/c18-14-3-1-2-4-15(14)24-17-13(10-23-24)16(21-11-22-17)20-9-12-5-7-19-8-6-12/h1-8,10-11H,9H2,(H,20,21,22). The predicted octanol–water partition coefficient (Wildman–Crippen LogP) is 2.96. The predicted molar refractivity (Wildman–Crippen MR) is 88.2 cm³/mol. The van der Waals surface area contributed by atoms with E-state index in [0.717, 1.165) is 10.9 Å². The zero-order valence-corrected chi connectivity index (χ0v) is 12.6. The van der Waals surface area contributed by atoms with Gasteiger partial charge >= 0.3 is 0 Å². The lowest BCUT2D eigenvalue weighted by molar-refractivity contribution is 0.612. The van der Waals surface area contributed by atoms with Crippen LogP contribution in [0.2, 0.25) is 0 Å². The number of fused-ring (bicyclic) bond motifs is 1. The molecule has 6 nitrogen and oxygen atoms in total. The van der Waals surface area contributed by atoms with Crippen molar-refractivity contribution in [1.82, 2.24) is 24.7 Å². The number of anilines is 1. The second kappa shape index (κ2) is 6.04. The second-order valence-electron chi connectivity index (χ2n) is 5.18. The maximum atomic E-state index is 14.0. The van der Waals surface area contributed by atoms with Crippen LogP contribution in [-0.2, 0) is 6.54 Å². The zero-order chi connectivity index (χ0) is 16.4. The summed E-state index contributed by atoms with van der Waals surface area (Å²) < 4.78 is 15.5. The summed E-state index contributed by atoms with van der Waals surface area (Å²) in [4.78, 5) is 12.5. The van der Waals surface area contributed by atoms with Crippen LogP contribution in [0.3, 0.4) is 0 Å². The number of para-hydroxylation sites is 1. The van der Waals surface area contributed by atoms with Crippen LogP contribution in [0.4, 0.5) is 10.2 Å². The van der Waals surface area contributed by atoms with Gasteiger partial charge in [-0.2, -0.15) is 5.10 Å². The SMILES string of the molecule is Fc1ccccc1-n1ncc2c(NCc3ccncc3)ncnc21. The third kappa shape index (κ3) is 2.56. The summed E-state index contributed by atoms with van der Waals surface area (Å²) in [5.74, 6) is 0.298. The van der Waals surface area contributed by atoms with Gasteiger partial charge in [0.2, 0.25) is 0 Å². The van der Waals surface area contributed by atoms with Crippen LogP contribution < -0.4 is 5.32 Å². The molecule has 0 saturated carbocycles. The average molecular weight is 320 g/mol. The summed E-state index contributed by atoms with van der Waals surface area (Å²) in [7, 11) is 0. The quantitative estimate of drug-likeness (QED) is 0.626. The number of benzene rings is 1.